The molecule has 0 aliphatic rings. The number of nitrogens with zero attached hydrogens (tertiary/aromatic N) is 1. The summed E-state index contributed by atoms with van der Waals surface area (Å²) in [6.07, 6.45) is 2.19. The van der Waals surface area contributed by atoms with Crippen LogP contribution in [0.4, 0.5) is 0 Å². The van der Waals surface area contributed by atoms with Gasteiger partial charge in [0.25, 0.3) is 0 Å². The Hall–Kier alpha value is -0.156. The summed E-state index contributed by atoms with van der Waals surface area (Å²) >= 11 is 0. The molecule has 0 aromatic rings. The molecule has 0 aliphatic carbocycles. The van der Waals surface area contributed by atoms with Gasteiger partial charge in [-0.25, -0.2) is 0 Å². The van der Waals surface area contributed by atoms with Crippen molar-refractivity contribution in [3.63, 3.8) is 0 Å². The summed E-state index contributed by atoms with van der Waals surface area (Å²) in [5.41, 5.74) is 0. The topological polar surface area (TPSA) is 90.1 Å². The molecule has 0 aromatic carbocycles. The average molecular weight is 228 g/mol. The van der Waals surface area contributed by atoms with Crippen LogP contribution in [0.1, 0.15) is 13.3 Å². The van der Waals surface area contributed by atoms with E-state index < -0.39 is 0 Å². The predicted octanol–water partition coefficient (Wildman–Crippen LogP) is -0.283. The van der Waals surface area contributed by atoms with Crippen molar-refractivity contribution >= 4 is 6.08 Å². The first-order valence-corrected chi connectivity index (χ1v) is 3.14. The molecule has 5 nitrogen and oxygen atoms in total. The van der Waals surface area contributed by atoms with Gasteiger partial charge in [-0.05, 0) is 6.08 Å². The molecule has 0 rings (SSSR count). The first kappa shape index (κ1) is 29.3. The smallest absolute Gasteiger partial charge is 0.0319 e. The van der Waals surface area contributed by atoms with Gasteiger partial charge in [-0.2, -0.15) is 0 Å². The fourth-order valence-electron chi connectivity index (χ4n) is 0.129. The number of aliphatic hydroxyl groups is 3. The summed E-state index contributed by atoms with van der Waals surface area (Å²) in [4.78, 5) is 12.4. The zero-order valence-corrected chi connectivity index (χ0v) is 10.0. The maximum atomic E-state index is 9.24. The summed E-state index contributed by atoms with van der Waals surface area (Å²) in [6.45, 7) is 3.41. The zero-order chi connectivity index (χ0) is 10.8. The van der Waals surface area contributed by atoms with Crippen molar-refractivity contribution in [1.82, 2.24) is 0 Å². The molecule has 3 N–H and O–H groups in total. The van der Waals surface area contributed by atoms with E-state index in [4.69, 9.17) is 15.3 Å². The molecule has 0 amide bonds. The summed E-state index contributed by atoms with van der Waals surface area (Å²) in [5, 5.41) is 21.0. The van der Waals surface area contributed by atoms with Gasteiger partial charge in [0, 0.05) is 43.0 Å². The minimum atomic E-state index is 0. The van der Waals surface area contributed by atoms with Crippen molar-refractivity contribution in [3.05, 3.63) is 6.54 Å². The van der Waals surface area contributed by atoms with Gasteiger partial charge in [-0.3, -0.25) is 0 Å². The van der Waals surface area contributed by atoms with E-state index in [1.165, 1.54) is 12.6 Å². The van der Waals surface area contributed by atoms with E-state index in [9.17, 15) is 4.79 Å². The third-order valence-corrected chi connectivity index (χ3v) is 0.327. The normalized spacial score (nSPS) is 4.23. The number of hydrogen-bond acceptors (Lipinski definition) is 5. The minimum absolute atomic E-state index is 0. The van der Waals surface area contributed by atoms with Crippen LogP contribution in [0.3, 0.4) is 0 Å². The first-order valence-electron chi connectivity index (χ1n) is 3.14. The van der Waals surface area contributed by atoms with Gasteiger partial charge in [0.1, 0.15) is 0 Å². The van der Waals surface area contributed by atoms with Crippen molar-refractivity contribution in [3.8, 4) is 0 Å². The summed E-state index contributed by atoms with van der Waals surface area (Å²) in [7, 11) is 3.00. The van der Waals surface area contributed by atoms with E-state index in [0.29, 0.717) is 0 Å². The number of isocyanates is 1. The Bertz CT molecular complexity index is 76.9. The molecule has 0 radical (unpaired) electrons. The van der Waals surface area contributed by atoms with Crippen LogP contribution in [0.25, 0.3) is 0 Å². The quantitative estimate of drug-likeness (QED) is 0.262. The second-order valence-corrected chi connectivity index (χ2v) is 0.811. The van der Waals surface area contributed by atoms with Crippen LogP contribution >= 0.6 is 0 Å². The molecule has 13 heavy (non-hydrogen) atoms. The third-order valence-electron chi connectivity index (χ3n) is 0.327. The Morgan fingerprint density at radius 3 is 1.54 bits per heavy atom. The molecule has 0 saturated carbocycles. The summed E-state index contributed by atoms with van der Waals surface area (Å²) in [6, 6.07) is 0. The SMILES string of the molecule is CC[CH-]N=C=O.CO.CO.CO.[Ti]. The molecule has 0 aromatic heterocycles. The molecular weight excluding hydrogens is 210 g/mol. The Balaban J connectivity index is -0.0000000263. The van der Waals surface area contributed by atoms with E-state index in [2.05, 4.69) is 4.99 Å². The molecule has 0 spiro atoms. The molecule has 0 saturated heterocycles. The maximum Gasteiger partial charge on any atom is 0.0319 e. The van der Waals surface area contributed by atoms with Crippen LogP contribution in [-0.4, -0.2) is 42.7 Å². The number of rotatable bonds is 2. The van der Waals surface area contributed by atoms with Crippen LogP contribution in [0, 0.1) is 6.54 Å². The molecule has 6 heteroatoms. The molecule has 0 unspecified atom stereocenters. The van der Waals surface area contributed by atoms with Crippen molar-refractivity contribution < 1.29 is 41.8 Å². The number of aliphatic imine (C=N–C) groups is 1. The van der Waals surface area contributed by atoms with Gasteiger partial charge in [0.15, 0.2) is 0 Å². The monoisotopic (exact) mass is 228 g/mol. The summed E-state index contributed by atoms with van der Waals surface area (Å²) in [5.74, 6) is 0. The second kappa shape index (κ2) is 94.2. The largest absolute Gasteiger partial charge is 0.400 e. The first-order chi connectivity index (χ1) is 5.91. The van der Waals surface area contributed by atoms with Gasteiger partial charge < -0.3 is 25.1 Å². The Labute approximate surface area is 94.4 Å². The van der Waals surface area contributed by atoms with E-state index in [1.807, 2.05) is 6.92 Å². The van der Waals surface area contributed by atoms with Crippen LogP contribution < -0.4 is 0 Å². The standard InChI is InChI=1S/C4H6NO.3CH4O.Ti/c1-2-3-5-4-6;3*1-2;/h3H,2H2,1H3;3*2H,1H3;/q-1;;;;. The Kier molecular flexibility index (Phi) is 212. The van der Waals surface area contributed by atoms with E-state index in [-0.39, 0.29) is 21.7 Å². The van der Waals surface area contributed by atoms with E-state index in [1.54, 1.807) is 0 Å². The zero-order valence-electron chi connectivity index (χ0n) is 8.48. The van der Waals surface area contributed by atoms with E-state index >= 15 is 0 Å². The molecule has 0 atom stereocenters. The molecular formula is C7H18NO4Ti-. The average Bonchev–Trinajstić information content (AvgIpc) is 2.24. The van der Waals surface area contributed by atoms with Gasteiger partial charge >= 0.3 is 0 Å². The van der Waals surface area contributed by atoms with Crippen molar-refractivity contribution in [2.24, 2.45) is 4.99 Å². The van der Waals surface area contributed by atoms with Gasteiger partial charge in [-0.15, -0.1) is 6.54 Å². The minimum Gasteiger partial charge on any atom is -0.400 e. The molecule has 80 valence electrons. The molecule has 0 fully saturated rings. The van der Waals surface area contributed by atoms with Gasteiger partial charge in [0.2, 0.25) is 0 Å². The maximum absolute atomic E-state index is 9.24. The Morgan fingerprint density at radius 2 is 1.46 bits per heavy atom. The number of aliphatic hydroxyl groups excluding tert-OH is 3. The fraction of sp³-hybridized carbons (Fsp3) is 0.714. The molecule has 0 aliphatic heterocycles. The predicted molar refractivity (Wildman–Crippen MR) is 47.1 cm³/mol. The molecule has 0 bridgehead atoms. The fourth-order valence-corrected chi connectivity index (χ4v) is 0.129. The van der Waals surface area contributed by atoms with Gasteiger partial charge in [0.05, 0.1) is 0 Å². The van der Waals surface area contributed by atoms with Gasteiger partial charge in [-0.1, -0.05) is 13.3 Å². The second-order valence-electron chi connectivity index (χ2n) is 0.811. The number of hydrogen-bond donors (Lipinski definition) is 3. The van der Waals surface area contributed by atoms with Crippen LogP contribution in [-0.2, 0) is 26.5 Å². The van der Waals surface area contributed by atoms with Crippen molar-refractivity contribution in [2.45, 2.75) is 13.3 Å². The van der Waals surface area contributed by atoms with Crippen molar-refractivity contribution in [1.29, 1.82) is 0 Å². The van der Waals surface area contributed by atoms with Crippen LogP contribution in [0.15, 0.2) is 4.99 Å². The van der Waals surface area contributed by atoms with Crippen molar-refractivity contribution in [2.75, 3.05) is 21.3 Å². The van der Waals surface area contributed by atoms with E-state index in [0.717, 1.165) is 27.8 Å². The number of carbonyl (C=O) groups excluding carboxylic acids is 1. The van der Waals surface area contributed by atoms with Crippen LogP contribution in [0.2, 0.25) is 0 Å². The third kappa shape index (κ3) is 142. The molecule has 0 heterocycles. The van der Waals surface area contributed by atoms with Crippen LogP contribution in [0.5, 0.6) is 0 Å². The Morgan fingerprint density at radius 1 is 1.15 bits per heavy atom. The summed E-state index contributed by atoms with van der Waals surface area (Å²) < 4.78 is 0.